The van der Waals surface area contributed by atoms with Gasteiger partial charge in [0.15, 0.2) is 0 Å². The van der Waals surface area contributed by atoms with Crippen LogP contribution in [0.1, 0.15) is 10.5 Å². The van der Waals surface area contributed by atoms with E-state index >= 15 is 0 Å². The molecular formula is C27H23Cl3N4O2. The number of halogens is 3. The highest BCUT2D eigenvalue weighted by molar-refractivity contribution is 6.42. The lowest BCUT2D eigenvalue weighted by Crippen LogP contribution is -2.49. The van der Waals surface area contributed by atoms with Crippen LogP contribution in [0, 0.1) is 0 Å². The number of amides is 1. The normalized spacial score (nSPS) is 13.7. The molecule has 0 saturated carbocycles. The number of anilines is 1. The average molecular weight is 542 g/mol. The Morgan fingerprint density at radius 3 is 2.17 bits per heavy atom. The van der Waals surface area contributed by atoms with Gasteiger partial charge in [0.25, 0.3) is 5.91 Å². The third-order valence-electron chi connectivity index (χ3n) is 6.23. The summed E-state index contributed by atoms with van der Waals surface area (Å²) in [6, 6.07) is 22.3. The molecule has 4 aromatic rings. The molecule has 9 heteroatoms. The van der Waals surface area contributed by atoms with E-state index in [4.69, 9.17) is 44.6 Å². The van der Waals surface area contributed by atoms with E-state index in [9.17, 15) is 4.79 Å². The van der Waals surface area contributed by atoms with E-state index in [0.717, 1.165) is 30.1 Å². The molecule has 0 unspecified atom stereocenters. The van der Waals surface area contributed by atoms with Crippen LogP contribution in [-0.2, 0) is 0 Å². The lowest BCUT2D eigenvalue weighted by molar-refractivity contribution is 0.0737. The summed E-state index contributed by atoms with van der Waals surface area (Å²) in [6.07, 6.45) is 0. The lowest BCUT2D eigenvalue weighted by atomic mass is 10.1. The second-order valence-electron chi connectivity index (χ2n) is 8.38. The van der Waals surface area contributed by atoms with Gasteiger partial charge in [-0.3, -0.25) is 4.79 Å². The van der Waals surface area contributed by atoms with Crippen molar-refractivity contribution in [3.8, 4) is 22.7 Å². The number of nitrogens with zero attached hydrogens (tertiary/aromatic N) is 4. The predicted molar refractivity (Wildman–Crippen MR) is 145 cm³/mol. The van der Waals surface area contributed by atoms with Gasteiger partial charge >= 0.3 is 0 Å². The standard InChI is InChI=1S/C27H23Cl3N4O2/c1-36-20-9-6-18(7-10-20)32-12-14-33(15-13-32)27(35)26-17-25(21-4-2-3-5-22(21)28)31-34(26)19-8-11-23(29)24(30)16-19/h2-11,16-17H,12-15H2,1H3. The number of carbonyl (C=O) groups excluding carboxylic acids is 1. The average Bonchev–Trinajstić information content (AvgIpc) is 3.35. The molecule has 1 saturated heterocycles. The van der Waals surface area contributed by atoms with Gasteiger partial charge in [0.1, 0.15) is 11.4 Å². The van der Waals surface area contributed by atoms with Gasteiger partial charge in [0, 0.05) is 37.4 Å². The molecule has 36 heavy (non-hydrogen) atoms. The second-order valence-corrected chi connectivity index (χ2v) is 9.60. The summed E-state index contributed by atoms with van der Waals surface area (Å²) < 4.78 is 6.86. The molecule has 2 heterocycles. The molecule has 0 bridgehead atoms. The maximum atomic E-state index is 13.7. The minimum absolute atomic E-state index is 0.110. The van der Waals surface area contributed by atoms with Crippen molar-refractivity contribution in [3.05, 3.63) is 93.6 Å². The van der Waals surface area contributed by atoms with E-state index in [1.165, 1.54) is 0 Å². The number of benzene rings is 3. The largest absolute Gasteiger partial charge is 0.497 e. The number of hydrogen-bond donors (Lipinski definition) is 0. The zero-order valence-electron chi connectivity index (χ0n) is 19.5. The van der Waals surface area contributed by atoms with Crippen molar-refractivity contribution in [1.82, 2.24) is 14.7 Å². The highest BCUT2D eigenvalue weighted by atomic mass is 35.5. The molecule has 1 fully saturated rings. The summed E-state index contributed by atoms with van der Waals surface area (Å²) in [7, 11) is 1.65. The molecule has 0 aliphatic carbocycles. The number of rotatable bonds is 5. The fraction of sp³-hybridized carbons (Fsp3) is 0.185. The maximum absolute atomic E-state index is 13.7. The number of piperazine rings is 1. The van der Waals surface area contributed by atoms with E-state index in [1.54, 1.807) is 42.1 Å². The van der Waals surface area contributed by atoms with Crippen molar-refractivity contribution in [3.63, 3.8) is 0 Å². The van der Waals surface area contributed by atoms with Gasteiger partial charge in [-0.2, -0.15) is 5.10 Å². The van der Waals surface area contributed by atoms with Crippen molar-refractivity contribution in [2.75, 3.05) is 38.2 Å². The van der Waals surface area contributed by atoms with Gasteiger partial charge < -0.3 is 14.5 Å². The summed E-state index contributed by atoms with van der Waals surface area (Å²) in [4.78, 5) is 17.8. The summed E-state index contributed by atoms with van der Waals surface area (Å²) in [6.45, 7) is 2.60. The Bertz CT molecular complexity index is 1400. The van der Waals surface area contributed by atoms with Crippen LogP contribution >= 0.6 is 34.8 Å². The predicted octanol–water partition coefficient (Wildman–Crippen LogP) is 6.47. The highest BCUT2D eigenvalue weighted by Crippen LogP contribution is 2.31. The number of aromatic nitrogens is 2. The van der Waals surface area contributed by atoms with Crippen molar-refractivity contribution < 1.29 is 9.53 Å². The Morgan fingerprint density at radius 2 is 1.50 bits per heavy atom. The van der Waals surface area contributed by atoms with E-state index in [-0.39, 0.29) is 5.91 Å². The molecule has 0 atom stereocenters. The molecule has 0 N–H and O–H groups in total. The van der Waals surface area contributed by atoms with Crippen molar-refractivity contribution >= 4 is 46.4 Å². The zero-order chi connectivity index (χ0) is 25.2. The first-order valence-electron chi connectivity index (χ1n) is 11.4. The van der Waals surface area contributed by atoms with Crippen molar-refractivity contribution in [2.24, 2.45) is 0 Å². The number of methoxy groups -OCH3 is 1. The van der Waals surface area contributed by atoms with Gasteiger partial charge in [0.05, 0.1) is 33.6 Å². The lowest BCUT2D eigenvalue weighted by Gasteiger charge is -2.36. The van der Waals surface area contributed by atoms with E-state index < -0.39 is 0 Å². The zero-order valence-corrected chi connectivity index (χ0v) is 21.8. The van der Waals surface area contributed by atoms with Gasteiger partial charge in [-0.1, -0.05) is 53.0 Å². The topological polar surface area (TPSA) is 50.6 Å². The fourth-order valence-electron chi connectivity index (χ4n) is 4.27. The highest BCUT2D eigenvalue weighted by Gasteiger charge is 2.27. The minimum atomic E-state index is -0.110. The fourth-order valence-corrected chi connectivity index (χ4v) is 4.80. The Balaban J connectivity index is 1.43. The first kappa shape index (κ1) is 24.5. The number of hydrogen-bond acceptors (Lipinski definition) is 4. The van der Waals surface area contributed by atoms with Gasteiger partial charge in [-0.15, -0.1) is 0 Å². The van der Waals surface area contributed by atoms with Gasteiger partial charge in [-0.05, 0) is 54.6 Å². The number of carbonyl (C=O) groups is 1. The number of ether oxygens (including phenoxy) is 1. The SMILES string of the molecule is COc1ccc(N2CCN(C(=O)c3cc(-c4ccccc4Cl)nn3-c3ccc(Cl)c(Cl)c3)CC2)cc1. The quantitative estimate of drug-likeness (QED) is 0.291. The van der Waals surface area contributed by atoms with Crippen LogP contribution in [0.5, 0.6) is 5.75 Å². The first-order valence-corrected chi connectivity index (χ1v) is 12.6. The third-order valence-corrected chi connectivity index (χ3v) is 7.30. The molecular weight excluding hydrogens is 519 g/mol. The molecule has 3 aromatic carbocycles. The summed E-state index contributed by atoms with van der Waals surface area (Å²) in [5.41, 5.74) is 3.53. The Labute approximate surface area is 224 Å². The van der Waals surface area contributed by atoms with Crippen LogP contribution < -0.4 is 9.64 Å². The molecule has 6 nitrogen and oxygen atoms in total. The van der Waals surface area contributed by atoms with E-state index in [2.05, 4.69) is 4.90 Å². The first-order chi connectivity index (χ1) is 17.4. The molecule has 1 aliphatic rings. The molecule has 184 valence electrons. The Hall–Kier alpha value is -3.19. The van der Waals surface area contributed by atoms with Crippen molar-refractivity contribution in [2.45, 2.75) is 0 Å². The summed E-state index contributed by atoms with van der Waals surface area (Å²) in [5, 5.41) is 6.11. The molecule has 1 amide bonds. The van der Waals surface area contributed by atoms with Crippen LogP contribution in [0.25, 0.3) is 16.9 Å². The second kappa shape index (κ2) is 10.4. The maximum Gasteiger partial charge on any atom is 0.272 e. The minimum Gasteiger partial charge on any atom is -0.497 e. The Kier molecular flexibility index (Phi) is 7.10. The van der Waals surface area contributed by atoms with Crippen LogP contribution in [0.3, 0.4) is 0 Å². The van der Waals surface area contributed by atoms with Crippen LogP contribution in [0.2, 0.25) is 15.1 Å². The third kappa shape index (κ3) is 4.89. The monoisotopic (exact) mass is 540 g/mol. The molecule has 0 radical (unpaired) electrons. The molecule has 5 rings (SSSR count). The van der Waals surface area contributed by atoms with Crippen LogP contribution in [-0.4, -0.2) is 53.9 Å². The summed E-state index contributed by atoms with van der Waals surface area (Å²) in [5.74, 6) is 0.707. The van der Waals surface area contributed by atoms with Gasteiger partial charge in [0.2, 0.25) is 0 Å². The van der Waals surface area contributed by atoms with E-state index in [1.807, 2.05) is 47.4 Å². The molecule has 0 spiro atoms. The van der Waals surface area contributed by atoms with Crippen LogP contribution in [0.4, 0.5) is 5.69 Å². The Morgan fingerprint density at radius 1 is 0.806 bits per heavy atom. The molecule has 1 aliphatic heterocycles. The smallest absolute Gasteiger partial charge is 0.272 e. The molecule has 1 aromatic heterocycles. The summed E-state index contributed by atoms with van der Waals surface area (Å²) >= 11 is 18.9. The van der Waals surface area contributed by atoms with Crippen LogP contribution in [0.15, 0.2) is 72.8 Å². The van der Waals surface area contributed by atoms with Gasteiger partial charge in [-0.25, -0.2) is 4.68 Å². The van der Waals surface area contributed by atoms with E-state index in [0.29, 0.717) is 45.2 Å². The van der Waals surface area contributed by atoms with Crippen molar-refractivity contribution in [1.29, 1.82) is 0 Å².